The van der Waals surface area contributed by atoms with E-state index in [1.54, 1.807) is 17.0 Å². The molecule has 0 aliphatic carbocycles. The van der Waals surface area contributed by atoms with Crippen molar-refractivity contribution < 1.29 is 33.0 Å². The van der Waals surface area contributed by atoms with Crippen LogP contribution in [0.2, 0.25) is 0 Å². The lowest BCUT2D eigenvalue weighted by Crippen LogP contribution is -2.51. The predicted octanol–water partition coefficient (Wildman–Crippen LogP) is 0.376. The van der Waals surface area contributed by atoms with E-state index in [0.29, 0.717) is 37.6 Å². The number of carbonyl (C=O) groups is 4. The number of methoxy groups -OCH3 is 1. The number of aromatic nitrogens is 2. The lowest BCUT2D eigenvalue weighted by atomic mass is 10.2. The van der Waals surface area contributed by atoms with Gasteiger partial charge in [0.05, 0.1) is 44.3 Å². The molecular formula is C23H26FN7O6. The van der Waals surface area contributed by atoms with Crippen LogP contribution in [0.25, 0.3) is 0 Å². The van der Waals surface area contributed by atoms with Crippen LogP contribution in [-0.4, -0.2) is 97.9 Å². The van der Waals surface area contributed by atoms with Crippen molar-refractivity contribution in [2.75, 3.05) is 62.7 Å². The average molecular weight is 516 g/mol. The summed E-state index contributed by atoms with van der Waals surface area (Å²) in [7, 11) is 1.23. The van der Waals surface area contributed by atoms with E-state index >= 15 is 4.39 Å². The molecule has 37 heavy (non-hydrogen) atoms. The summed E-state index contributed by atoms with van der Waals surface area (Å²) in [5.74, 6) is -1.26. The number of carbonyl (C=O) groups excluding carboxylic acids is 4. The van der Waals surface area contributed by atoms with E-state index < -0.39 is 30.0 Å². The van der Waals surface area contributed by atoms with E-state index in [0.717, 1.165) is 0 Å². The minimum atomic E-state index is -0.640. The summed E-state index contributed by atoms with van der Waals surface area (Å²) < 4.78 is 24.7. The number of piperazine rings is 1. The predicted molar refractivity (Wildman–Crippen MR) is 128 cm³/mol. The van der Waals surface area contributed by atoms with Crippen LogP contribution in [0.15, 0.2) is 36.8 Å². The molecule has 1 aromatic carbocycles. The first-order valence-corrected chi connectivity index (χ1v) is 11.5. The van der Waals surface area contributed by atoms with Crippen LogP contribution in [0.5, 0.6) is 0 Å². The summed E-state index contributed by atoms with van der Waals surface area (Å²) in [5.41, 5.74) is 0.803. The van der Waals surface area contributed by atoms with E-state index in [9.17, 15) is 19.2 Å². The Balaban J connectivity index is 1.28. The third-order valence-electron chi connectivity index (χ3n) is 5.95. The highest BCUT2D eigenvalue weighted by atomic mass is 19.1. The minimum Gasteiger partial charge on any atom is -0.453 e. The molecule has 4 rings (SSSR count). The maximum absolute atomic E-state index is 15.0. The van der Waals surface area contributed by atoms with Crippen LogP contribution in [0.4, 0.5) is 25.4 Å². The van der Waals surface area contributed by atoms with E-state index in [-0.39, 0.29) is 31.2 Å². The van der Waals surface area contributed by atoms with Crippen molar-refractivity contribution in [2.45, 2.75) is 6.10 Å². The first-order chi connectivity index (χ1) is 17.9. The molecule has 0 spiro atoms. The summed E-state index contributed by atoms with van der Waals surface area (Å²) in [4.78, 5) is 60.4. The highest BCUT2D eigenvalue weighted by Crippen LogP contribution is 2.28. The molecule has 2 aliphatic rings. The van der Waals surface area contributed by atoms with Gasteiger partial charge in [0, 0.05) is 38.6 Å². The number of amides is 4. The number of rotatable bonds is 7. The zero-order valence-corrected chi connectivity index (χ0v) is 20.1. The third-order valence-corrected chi connectivity index (χ3v) is 5.95. The summed E-state index contributed by atoms with van der Waals surface area (Å²) in [6.45, 7) is 1.54. The van der Waals surface area contributed by atoms with Crippen LogP contribution in [-0.2, 0) is 14.3 Å². The van der Waals surface area contributed by atoms with Crippen molar-refractivity contribution in [3.63, 3.8) is 0 Å². The average Bonchev–Trinajstić information content (AvgIpc) is 3.31. The van der Waals surface area contributed by atoms with Gasteiger partial charge in [-0.1, -0.05) is 0 Å². The van der Waals surface area contributed by atoms with Crippen LogP contribution < -0.4 is 20.4 Å². The Morgan fingerprint density at radius 3 is 2.62 bits per heavy atom. The third kappa shape index (κ3) is 6.20. The second-order valence-corrected chi connectivity index (χ2v) is 8.27. The Labute approximate surface area is 211 Å². The van der Waals surface area contributed by atoms with Crippen LogP contribution >= 0.6 is 0 Å². The second-order valence-electron chi connectivity index (χ2n) is 8.27. The molecule has 1 aromatic heterocycles. The number of nitrogens with one attached hydrogen (secondary N) is 2. The monoisotopic (exact) mass is 515 g/mol. The summed E-state index contributed by atoms with van der Waals surface area (Å²) >= 11 is 0. The SMILES string of the molecule is COC(=O)NCC1CN(c2ccc(N3CCN(C(=O)CNC(=O)c4cnccn4)CC3)c(F)c2)C(=O)O1. The molecule has 1 atom stereocenters. The number of nitrogens with zero attached hydrogens (tertiary/aromatic N) is 5. The van der Waals surface area contributed by atoms with E-state index in [2.05, 4.69) is 25.3 Å². The van der Waals surface area contributed by atoms with Gasteiger partial charge >= 0.3 is 12.2 Å². The topological polar surface area (TPSA) is 146 Å². The molecule has 2 fully saturated rings. The largest absolute Gasteiger partial charge is 0.453 e. The molecule has 3 heterocycles. The van der Waals surface area contributed by atoms with Gasteiger partial charge in [0.15, 0.2) is 0 Å². The fraction of sp³-hybridized carbons (Fsp3) is 0.391. The number of benzene rings is 1. The molecule has 13 nitrogen and oxygen atoms in total. The Hall–Kier alpha value is -4.49. The van der Waals surface area contributed by atoms with Crippen molar-refractivity contribution in [3.05, 3.63) is 48.3 Å². The highest BCUT2D eigenvalue weighted by molar-refractivity contribution is 5.94. The molecule has 2 saturated heterocycles. The fourth-order valence-electron chi connectivity index (χ4n) is 4.00. The van der Waals surface area contributed by atoms with Crippen LogP contribution in [0.1, 0.15) is 10.5 Å². The normalized spacial score (nSPS) is 17.3. The van der Waals surface area contributed by atoms with Gasteiger partial charge in [-0.05, 0) is 18.2 Å². The molecule has 0 radical (unpaired) electrons. The first kappa shape index (κ1) is 25.6. The van der Waals surface area contributed by atoms with Crippen molar-refractivity contribution in [1.82, 2.24) is 25.5 Å². The van der Waals surface area contributed by atoms with E-state index in [4.69, 9.17) is 4.74 Å². The number of ether oxygens (including phenoxy) is 2. The highest BCUT2D eigenvalue weighted by Gasteiger charge is 2.33. The molecule has 0 saturated carbocycles. The molecule has 196 valence electrons. The van der Waals surface area contributed by atoms with Gasteiger partial charge < -0.3 is 29.9 Å². The molecule has 14 heteroatoms. The molecular weight excluding hydrogens is 489 g/mol. The van der Waals surface area contributed by atoms with Gasteiger partial charge in [0.2, 0.25) is 5.91 Å². The molecule has 0 bridgehead atoms. The second kappa shape index (κ2) is 11.5. The quantitative estimate of drug-likeness (QED) is 0.534. The van der Waals surface area contributed by atoms with Crippen molar-refractivity contribution in [1.29, 1.82) is 0 Å². The summed E-state index contributed by atoms with van der Waals surface area (Å²) in [5, 5.41) is 4.99. The van der Waals surface area contributed by atoms with Crippen molar-refractivity contribution in [3.8, 4) is 0 Å². The zero-order valence-electron chi connectivity index (χ0n) is 20.1. The molecule has 4 amide bonds. The van der Waals surface area contributed by atoms with Gasteiger partial charge in [0.1, 0.15) is 17.6 Å². The lowest BCUT2D eigenvalue weighted by molar-refractivity contribution is -0.130. The van der Waals surface area contributed by atoms with Crippen molar-refractivity contribution >= 4 is 35.4 Å². The van der Waals surface area contributed by atoms with Gasteiger partial charge in [-0.15, -0.1) is 0 Å². The maximum Gasteiger partial charge on any atom is 0.414 e. The number of alkyl carbamates (subject to hydrolysis) is 1. The standard InChI is InChI=1S/C23H26FN7O6/c1-36-22(34)28-11-16-14-31(23(35)37-16)15-2-3-19(17(24)10-15)29-6-8-30(9-7-29)20(32)13-27-21(33)18-12-25-4-5-26-18/h2-5,10,12,16H,6-9,11,13-14H2,1H3,(H,27,33)(H,28,34). The Bertz CT molecular complexity index is 1160. The van der Waals surface area contributed by atoms with Gasteiger partial charge in [-0.25, -0.2) is 19.0 Å². The summed E-state index contributed by atoms with van der Waals surface area (Å²) in [6, 6.07) is 4.46. The molecule has 2 aromatic rings. The van der Waals surface area contributed by atoms with E-state index in [1.165, 1.54) is 36.7 Å². The fourth-order valence-corrected chi connectivity index (χ4v) is 4.00. The van der Waals surface area contributed by atoms with Gasteiger partial charge in [-0.3, -0.25) is 19.5 Å². The van der Waals surface area contributed by atoms with Crippen LogP contribution in [0.3, 0.4) is 0 Å². The number of hydrogen-bond acceptors (Lipinski definition) is 9. The molecule has 1 unspecified atom stereocenters. The number of cyclic esters (lactones) is 1. The Morgan fingerprint density at radius 1 is 1.16 bits per heavy atom. The zero-order chi connectivity index (χ0) is 26.4. The minimum absolute atomic E-state index is 0.0719. The number of halogens is 1. The Kier molecular flexibility index (Phi) is 7.95. The smallest absolute Gasteiger partial charge is 0.414 e. The lowest BCUT2D eigenvalue weighted by Gasteiger charge is -2.36. The Morgan fingerprint density at radius 2 is 1.95 bits per heavy atom. The number of anilines is 2. The first-order valence-electron chi connectivity index (χ1n) is 11.5. The van der Waals surface area contributed by atoms with Gasteiger partial charge in [0.25, 0.3) is 5.91 Å². The molecule has 2 aliphatic heterocycles. The number of hydrogen-bond donors (Lipinski definition) is 2. The summed E-state index contributed by atoms with van der Waals surface area (Å²) in [6.07, 6.45) is 2.28. The maximum atomic E-state index is 15.0. The van der Waals surface area contributed by atoms with E-state index in [1.807, 2.05) is 4.90 Å². The van der Waals surface area contributed by atoms with Gasteiger partial charge in [-0.2, -0.15) is 0 Å². The van der Waals surface area contributed by atoms with Crippen molar-refractivity contribution in [2.24, 2.45) is 0 Å². The molecule has 2 N–H and O–H groups in total. The van der Waals surface area contributed by atoms with Crippen LogP contribution in [0, 0.1) is 5.82 Å².